The summed E-state index contributed by atoms with van der Waals surface area (Å²) in [5, 5.41) is 3.16. The van der Waals surface area contributed by atoms with Crippen molar-refractivity contribution in [1.29, 1.82) is 0 Å². The predicted molar refractivity (Wildman–Crippen MR) is 88.3 cm³/mol. The molecule has 0 unspecified atom stereocenters. The molecule has 2 aromatic rings. The molecule has 0 atom stereocenters. The van der Waals surface area contributed by atoms with Crippen LogP contribution < -0.4 is 10.2 Å². The molecule has 102 valence electrons. The fraction of sp³-hybridized carbons (Fsp3) is 0.286. The summed E-state index contributed by atoms with van der Waals surface area (Å²) < 4.78 is 1.96. The molecule has 0 saturated carbocycles. The van der Waals surface area contributed by atoms with E-state index in [0.29, 0.717) is 0 Å². The van der Waals surface area contributed by atoms with Gasteiger partial charge in [-0.2, -0.15) is 0 Å². The Kier molecular flexibility index (Phi) is 5.28. The highest BCUT2D eigenvalue weighted by atomic mass is 79.9. The molecule has 2 nitrogen and oxygen atoms in total. The van der Waals surface area contributed by atoms with E-state index >= 15 is 0 Å². The highest BCUT2D eigenvalue weighted by Crippen LogP contribution is 2.29. The lowest BCUT2D eigenvalue weighted by Crippen LogP contribution is -2.16. The summed E-state index contributed by atoms with van der Waals surface area (Å²) in [6, 6.07) is 10.5. The van der Waals surface area contributed by atoms with Crippen LogP contribution in [0.25, 0.3) is 0 Å². The fourth-order valence-electron chi connectivity index (χ4n) is 1.93. The van der Waals surface area contributed by atoms with E-state index in [2.05, 4.69) is 57.5 Å². The third kappa shape index (κ3) is 3.96. The summed E-state index contributed by atoms with van der Waals surface area (Å²) in [5.74, 6) is 0. The van der Waals surface area contributed by atoms with E-state index in [4.69, 9.17) is 11.6 Å². The smallest absolute Gasteiger partial charge is 0.0931 e. The van der Waals surface area contributed by atoms with Gasteiger partial charge in [0.1, 0.15) is 0 Å². The maximum atomic E-state index is 5.96. The van der Waals surface area contributed by atoms with Crippen LogP contribution in [-0.2, 0) is 13.1 Å². The molecule has 1 N–H and O–H groups in total. The Morgan fingerprint density at radius 3 is 2.68 bits per heavy atom. The first kappa shape index (κ1) is 14.9. The van der Waals surface area contributed by atoms with Gasteiger partial charge in [0.2, 0.25) is 0 Å². The van der Waals surface area contributed by atoms with E-state index in [0.717, 1.165) is 21.9 Å². The van der Waals surface area contributed by atoms with Crippen molar-refractivity contribution in [3.63, 3.8) is 0 Å². The van der Waals surface area contributed by atoms with Crippen molar-refractivity contribution in [3.05, 3.63) is 49.6 Å². The van der Waals surface area contributed by atoms with E-state index in [9.17, 15) is 0 Å². The molecule has 0 radical (unpaired) electrons. The van der Waals surface area contributed by atoms with Crippen molar-refractivity contribution in [2.45, 2.75) is 13.1 Å². The van der Waals surface area contributed by atoms with Gasteiger partial charge in [-0.25, -0.2) is 0 Å². The largest absolute Gasteiger partial charge is 0.369 e. The lowest BCUT2D eigenvalue weighted by Gasteiger charge is -2.20. The Labute approximate surface area is 131 Å². The molecule has 0 bridgehead atoms. The molecule has 19 heavy (non-hydrogen) atoms. The number of nitrogens with zero attached hydrogens (tertiary/aromatic N) is 1. The van der Waals surface area contributed by atoms with Crippen LogP contribution in [0.1, 0.15) is 10.4 Å². The molecular formula is C14H16BrClN2S. The normalized spacial score (nSPS) is 10.7. The lowest BCUT2D eigenvalue weighted by atomic mass is 10.2. The number of nitrogens with one attached hydrogen (secondary N) is 1. The number of rotatable bonds is 5. The van der Waals surface area contributed by atoms with Crippen molar-refractivity contribution in [2.24, 2.45) is 0 Å². The van der Waals surface area contributed by atoms with Crippen molar-refractivity contribution in [1.82, 2.24) is 5.32 Å². The molecule has 1 aromatic heterocycles. The lowest BCUT2D eigenvalue weighted by molar-refractivity contribution is 0.816. The predicted octanol–water partition coefficient (Wildman–Crippen LogP) is 4.52. The molecular weight excluding hydrogens is 344 g/mol. The summed E-state index contributed by atoms with van der Waals surface area (Å²) in [7, 11) is 4.04. The summed E-state index contributed by atoms with van der Waals surface area (Å²) in [4.78, 5) is 3.48. The van der Waals surface area contributed by atoms with E-state index in [1.165, 1.54) is 16.1 Å². The number of anilines is 1. The number of hydrogen-bond acceptors (Lipinski definition) is 3. The average molecular weight is 360 g/mol. The van der Waals surface area contributed by atoms with Crippen LogP contribution in [-0.4, -0.2) is 14.1 Å². The molecule has 0 aliphatic carbocycles. The summed E-state index contributed by atoms with van der Waals surface area (Å²) in [6.45, 7) is 1.74. The highest BCUT2D eigenvalue weighted by molar-refractivity contribution is 9.10. The van der Waals surface area contributed by atoms with E-state index < -0.39 is 0 Å². The molecule has 1 heterocycles. The van der Waals surface area contributed by atoms with Crippen molar-refractivity contribution < 1.29 is 0 Å². The number of benzene rings is 1. The van der Waals surface area contributed by atoms with E-state index in [1.807, 2.05) is 13.1 Å². The highest BCUT2D eigenvalue weighted by Gasteiger charge is 2.08. The zero-order valence-corrected chi connectivity index (χ0v) is 14.1. The Bertz CT molecular complexity index is 556. The van der Waals surface area contributed by atoms with Crippen LogP contribution in [0.5, 0.6) is 0 Å². The molecule has 0 aliphatic rings. The van der Waals surface area contributed by atoms with Crippen molar-refractivity contribution >= 4 is 44.6 Å². The molecule has 5 heteroatoms. The van der Waals surface area contributed by atoms with Gasteiger partial charge in [0.05, 0.1) is 16.6 Å². The van der Waals surface area contributed by atoms with Crippen LogP contribution in [0, 0.1) is 0 Å². The minimum Gasteiger partial charge on any atom is -0.369 e. The molecule has 0 saturated heterocycles. The van der Waals surface area contributed by atoms with E-state index in [1.54, 1.807) is 11.3 Å². The van der Waals surface area contributed by atoms with Gasteiger partial charge in [0.25, 0.3) is 0 Å². The molecule has 1 aromatic carbocycles. The third-order valence-electron chi connectivity index (χ3n) is 2.83. The Balaban J connectivity index is 2.12. The van der Waals surface area contributed by atoms with Crippen molar-refractivity contribution in [3.8, 4) is 0 Å². The topological polar surface area (TPSA) is 15.3 Å². The Morgan fingerprint density at radius 1 is 1.32 bits per heavy atom. The van der Waals surface area contributed by atoms with Crippen LogP contribution in [0.15, 0.2) is 34.8 Å². The molecule has 0 spiro atoms. The first-order chi connectivity index (χ1) is 9.10. The monoisotopic (exact) mass is 358 g/mol. The zero-order chi connectivity index (χ0) is 13.8. The van der Waals surface area contributed by atoms with Crippen LogP contribution in [0.2, 0.25) is 4.34 Å². The van der Waals surface area contributed by atoms with Gasteiger partial charge in [-0.05, 0) is 52.8 Å². The quantitative estimate of drug-likeness (QED) is 0.844. The minimum atomic E-state index is 0.840. The average Bonchev–Trinajstić information content (AvgIpc) is 2.75. The Hall–Kier alpha value is -0.550. The van der Waals surface area contributed by atoms with Gasteiger partial charge in [-0.15, -0.1) is 11.3 Å². The number of hydrogen-bond donors (Lipinski definition) is 1. The minimum absolute atomic E-state index is 0.840. The fourth-order valence-corrected chi connectivity index (χ4v) is 3.80. The van der Waals surface area contributed by atoms with Crippen molar-refractivity contribution in [2.75, 3.05) is 19.0 Å². The van der Waals surface area contributed by atoms with E-state index in [-0.39, 0.29) is 0 Å². The van der Waals surface area contributed by atoms with Gasteiger partial charge >= 0.3 is 0 Å². The van der Waals surface area contributed by atoms with Gasteiger partial charge < -0.3 is 10.2 Å². The summed E-state index contributed by atoms with van der Waals surface area (Å²) in [5.41, 5.74) is 2.45. The van der Waals surface area contributed by atoms with Crippen LogP contribution in [0.3, 0.4) is 0 Å². The van der Waals surface area contributed by atoms with Gasteiger partial charge in [-0.1, -0.05) is 17.7 Å². The number of thiophene rings is 1. The van der Waals surface area contributed by atoms with Gasteiger partial charge in [0, 0.05) is 22.9 Å². The second kappa shape index (κ2) is 6.75. The maximum Gasteiger partial charge on any atom is 0.0931 e. The first-order valence-electron chi connectivity index (χ1n) is 5.98. The number of halogens is 2. The third-order valence-corrected chi connectivity index (χ3v) is 4.68. The van der Waals surface area contributed by atoms with Crippen LogP contribution >= 0.6 is 38.9 Å². The summed E-state index contributed by atoms with van der Waals surface area (Å²) in [6.07, 6.45) is 0. The zero-order valence-electron chi connectivity index (χ0n) is 10.9. The standard InChI is InChI=1S/C14H16BrClN2S/c1-17-8-10-3-5-13(12(15)7-10)18(2)9-11-4-6-14(16)19-11/h3-7,17H,8-9H2,1-2H3. The van der Waals surface area contributed by atoms with Crippen LogP contribution in [0.4, 0.5) is 5.69 Å². The van der Waals surface area contributed by atoms with Gasteiger partial charge in [0.15, 0.2) is 0 Å². The van der Waals surface area contributed by atoms with Gasteiger partial charge in [-0.3, -0.25) is 0 Å². The SMILES string of the molecule is CNCc1ccc(N(C)Cc2ccc(Cl)s2)c(Br)c1. The summed E-state index contributed by atoms with van der Waals surface area (Å²) >= 11 is 11.2. The molecule has 0 fully saturated rings. The Morgan fingerprint density at radius 2 is 2.11 bits per heavy atom. The molecule has 0 aliphatic heterocycles. The molecule has 0 amide bonds. The molecule has 2 rings (SSSR count). The second-order valence-electron chi connectivity index (χ2n) is 4.38. The first-order valence-corrected chi connectivity index (χ1v) is 7.97. The maximum absolute atomic E-state index is 5.96. The second-order valence-corrected chi connectivity index (χ2v) is 7.03.